The number of anilines is 1. The normalized spacial score (nSPS) is 12.9. The summed E-state index contributed by atoms with van der Waals surface area (Å²) in [6.07, 6.45) is 0.491. The minimum absolute atomic E-state index is 0.0905. The van der Waals surface area contributed by atoms with E-state index in [1.54, 1.807) is 6.07 Å². The Kier molecular flexibility index (Phi) is 8.96. The molecule has 0 spiro atoms. The Bertz CT molecular complexity index is 1150. The summed E-state index contributed by atoms with van der Waals surface area (Å²) in [5.74, 6) is 0.00798. The first kappa shape index (κ1) is 25.6. The number of amides is 1. The number of hydrogen-bond donors (Lipinski definition) is 4. The highest BCUT2D eigenvalue weighted by molar-refractivity contribution is 7.80. The number of methoxy groups -OCH3 is 1. The van der Waals surface area contributed by atoms with Gasteiger partial charge in [-0.1, -0.05) is 50.2 Å². The van der Waals surface area contributed by atoms with Gasteiger partial charge in [-0.15, -0.1) is 0 Å². The number of nitrogens with one attached hydrogen (secondary N) is 2. The first-order valence-electron chi connectivity index (χ1n) is 11.4. The Morgan fingerprint density at radius 3 is 2.44 bits per heavy atom. The first-order valence-corrected chi connectivity index (χ1v) is 12.1. The van der Waals surface area contributed by atoms with E-state index in [2.05, 4.69) is 35.4 Å². The maximum atomic E-state index is 13.4. The van der Waals surface area contributed by atoms with Crippen molar-refractivity contribution in [1.82, 2.24) is 5.32 Å². The molecule has 0 unspecified atom stereocenters. The van der Waals surface area contributed by atoms with Crippen LogP contribution in [0.2, 0.25) is 0 Å². The second-order valence-corrected chi connectivity index (χ2v) is 9.19. The van der Waals surface area contributed by atoms with Crippen LogP contribution in [0.4, 0.5) is 5.69 Å². The van der Waals surface area contributed by atoms with Gasteiger partial charge in [0, 0.05) is 29.6 Å². The number of ether oxygens (including phenoxy) is 1. The summed E-state index contributed by atoms with van der Waals surface area (Å²) in [7, 11) is 1.33. The average molecular weight is 480 g/mol. The number of thiol groups is 1. The van der Waals surface area contributed by atoms with E-state index in [0.717, 1.165) is 27.6 Å². The molecular formula is C27H33N3O3S. The zero-order chi connectivity index (χ0) is 24.7. The second kappa shape index (κ2) is 11.9. The smallest absolute Gasteiger partial charge is 0.328 e. The third-order valence-electron chi connectivity index (χ3n) is 5.63. The van der Waals surface area contributed by atoms with Crippen LogP contribution >= 0.6 is 12.6 Å². The molecule has 34 heavy (non-hydrogen) atoms. The quantitative estimate of drug-likeness (QED) is 0.254. The number of hydrogen-bond acceptors (Lipinski definition) is 6. The van der Waals surface area contributed by atoms with Crippen LogP contribution < -0.4 is 16.4 Å². The fraction of sp³-hybridized carbons (Fsp3) is 0.333. The lowest BCUT2D eigenvalue weighted by atomic mass is 9.95. The van der Waals surface area contributed by atoms with Crippen molar-refractivity contribution in [1.29, 1.82) is 0 Å². The van der Waals surface area contributed by atoms with Crippen LogP contribution in [-0.2, 0) is 9.53 Å². The van der Waals surface area contributed by atoms with E-state index in [0.29, 0.717) is 24.3 Å². The highest BCUT2D eigenvalue weighted by Gasteiger charge is 2.24. The number of carbonyl (C=O) groups excluding carboxylic acids is 2. The van der Waals surface area contributed by atoms with Gasteiger partial charge in [0.25, 0.3) is 5.91 Å². The summed E-state index contributed by atoms with van der Waals surface area (Å²) >= 11 is 4.24. The van der Waals surface area contributed by atoms with Gasteiger partial charge in [-0.25, -0.2) is 4.79 Å². The molecule has 0 aliphatic heterocycles. The molecule has 3 aromatic rings. The van der Waals surface area contributed by atoms with Crippen LogP contribution in [-0.4, -0.2) is 43.4 Å². The van der Waals surface area contributed by atoms with Crippen molar-refractivity contribution in [2.75, 3.05) is 24.7 Å². The van der Waals surface area contributed by atoms with Crippen molar-refractivity contribution < 1.29 is 14.3 Å². The van der Waals surface area contributed by atoms with Crippen LogP contribution in [0.5, 0.6) is 0 Å². The minimum atomic E-state index is -0.715. The summed E-state index contributed by atoms with van der Waals surface area (Å²) in [4.78, 5) is 25.7. The lowest BCUT2D eigenvalue weighted by Crippen LogP contribution is -2.42. The van der Waals surface area contributed by atoms with E-state index in [-0.39, 0.29) is 17.9 Å². The van der Waals surface area contributed by atoms with Gasteiger partial charge in [0.2, 0.25) is 0 Å². The van der Waals surface area contributed by atoms with E-state index in [1.165, 1.54) is 7.11 Å². The largest absolute Gasteiger partial charge is 0.467 e. The SMILES string of the molecule is COC(=O)[C@H](CC(C)C)NC(=O)c1ccc(NC[C@@H](N)CS)cc1-c1ccc2ccccc2c1. The van der Waals surface area contributed by atoms with E-state index in [9.17, 15) is 9.59 Å². The lowest BCUT2D eigenvalue weighted by Gasteiger charge is -2.20. The van der Waals surface area contributed by atoms with Crippen molar-refractivity contribution in [2.24, 2.45) is 11.7 Å². The molecule has 0 saturated carbocycles. The molecule has 0 bridgehead atoms. The fourth-order valence-electron chi connectivity index (χ4n) is 3.83. The number of nitrogens with two attached hydrogens (primary N) is 1. The molecule has 0 aliphatic carbocycles. The van der Waals surface area contributed by atoms with Crippen LogP contribution in [0.25, 0.3) is 21.9 Å². The molecule has 0 heterocycles. The number of benzene rings is 3. The Labute approximate surface area is 206 Å². The van der Waals surface area contributed by atoms with Gasteiger partial charge in [-0.2, -0.15) is 12.6 Å². The number of rotatable bonds is 10. The Balaban J connectivity index is 2.00. The molecule has 6 nitrogen and oxygen atoms in total. The van der Waals surface area contributed by atoms with Crippen LogP contribution in [0, 0.1) is 5.92 Å². The van der Waals surface area contributed by atoms with Crippen molar-refractivity contribution in [3.05, 3.63) is 66.2 Å². The number of esters is 1. The van der Waals surface area contributed by atoms with E-state index < -0.39 is 12.0 Å². The van der Waals surface area contributed by atoms with E-state index in [4.69, 9.17) is 10.5 Å². The summed E-state index contributed by atoms with van der Waals surface area (Å²) in [6, 6.07) is 19.0. The predicted octanol–water partition coefficient (Wildman–Crippen LogP) is 4.49. The molecule has 3 aromatic carbocycles. The summed E-state index contributed by atoms with van der Waals surface area (Å²) in [5.41, 5.74) is 9.01. The van der Waals surface area contributed by atoms with Crippen LogP contribution in [0.1, 0.15) is 30.6 Å². The molecule has 2 atom stereocenters. The van der Waals surface area contributed by atoms with Gasteiger partial charge in [-0.05, 0) is 58.5 Å². The minimum Gasteiger partial charge on any atom is -0.467 e. The van der Waals surface area contributed by atoms with Crippen molar-refractivity contribution in [3.63, 3.8) is 0 Å². The van der Waals surface area contributed by atoms with E-state index >= 15 is 0 Å². The van der Waals surface area contributed by atoms with Gasteiger partial charge in [0.05, 0.1) is 7.11 Å². The lowest BCUT2D eigenvalue weighted by molar-refractivity contribution is -0.143. The third-order valence-corrected chi connectivity index (χ3v) is 6.09. The molecule has 0 saturated heterocycles. The molecule has 7 heteroatoms. The summed E-state index contributed by atoms with van der Waals surface area (Å²) < 4.78 is 4.92. The predicted molar refractivity (Wildman–Crippen MR) is 142 cm³/mol. The maximum absolute atomic E-state index is 13.4. The van der Waals surface area contributed by atoms with Gasteiger partial charge in [0.15, 0.2) is 0 Å². The molecule has 0 radical (unpaired) electrons. The molecular weight excluding hydrogens is 446 g/mol. The van der Waals surface area contributed by atoms with Crippen molar-refractivity contribution >= 4 is 41.0 Å². The van der Waals surface area contributed by atoms with Crippen LogP contribution in [0.15, 0.2) is 60.7 Å². The highest BCUT2D eigenvalue weighted by atomic mass is 32.1. The fourth-order valence-corrected chi connectivity index (χ4v) is 3.95. The van der Waals surface area contributed by atoms with Crippen molar-refractivity contribution in [2.45, 2.75) is 32.4 Å². The first-order chi connectivity index (χ1) is 16.3. The maximum Gasteiger partial charge on any atom is 0.328 e. The molecule has 4 N–H and O–H groups in total. The molecule has 180 valence electrons. The molecule has 0 aromatic heterocycles. The number of fused-ring (bicyclic) bond motifs is 1. The second-order valence-electron chi connectivity index (χ2n) is 8.82. The molecule has 3 rings (SSSR count). The molecule has 0 fully saturated rings. The summed E-state index contributed by atoms with van der Waals surface area (Å²) in [5, 5.41) is 8.40. The topological polar surface area (TPSA) is 93.4 Å². The van der Waals surface area contributed by atoms with Crippen LogP contribution in [0.3, 0.4) is 0 Å². The van der Waals surface area contributed by atoms with Gasteiger partial charge in [-0.3, -0.25) is 4.79 Å². The zero-order valence-corrected chi connectivity index (χ0v) is 20.8. The van der Waals surface area contributed by atoms with Crippen molar-refractivity contribution in [3.8, 4) is 11.1 Å². The Morgan fingerprint density at radius 2 is 1.76 bits per heavy atom. The average Bonchev–Trinajstić information content (AvgIpc) is 2.85. The monoisotopic (exact) mass is 479 g/mol. The van der Waals surface area contributed by atoms with Gasteiger partial charge >= 0.3 is 5.97 Å². The Hall–Kier alpha value is -3.03. The summed E-state index contributed by atoms with van der Waals surface area (Å²) in [6.45, 7) is 4.56. The standard InChI is InChI=1S/C27H33N3O3S/c1-17(2)12-25(27(32)33-3)30-26(31)23-11-10-22(29-15-21(28)16-34)14-24(23)20-9-8-18-6-4-5-7-19(18)13-20/h4-11,13-14,17,21,25,29,34H,12,15-16,28H2,1-3H3,(H,30,31)/t21-,25+/m1/s1. The number of carbonyl (C=O) groups is 2. The van der Waals surface area contributed by atoms with Gasteiger partial charge in [0.1, 0.15) is 6.04 Å². The van der Waals surface area contributed by atoms with E-state index in [1.807, 2.05) is 56.3 Å². The zero-order valence-electron chi connectivity index (χ0n) is 19.9. The molecule has 0 aliphatic rings. The highest BCUT2D eigenvalue weighted by Crippen LogP contribution is 2.30. The third kappa shape index (κ3) is 6.52. The Morgan fingerprint density at radius 1 is 1.03 bits per heavy atom. The molecule has 1 amide bonds. The van der Waals surface area contributed by atoms with Gasteiger partial charge < -0.3 is 21.1 Å².